The molecule has 3 N–H and O–H groups in total. The van der Waals surface area contributed by atoms with E-state index in [1.165, 1.54) is 18.2 Å². The first-order valence-electron chi connectivity index (χ1n) is 9.63. The fourth-order valence-electron chi connectivity index (χ4n) is 3.09. The second kappa shape index (κ2) is 8.97. The van der Waals surface area contributed by atoms with E-state index in [2.05, 4.69) is 10.3 Å². The third-order valence-electron chi connectivity index (χ3n) is 4.61. The maximum atomic E-state index is 13.1. The predicted molar refractivity (Wildman–Crippen MR) is 117 cm³/mol. The van der Waals surface area contributed by atoms with Crippen molar-refractivity contribution in [1.82, 2.24) is 10.3 Å². The minimum atomic E-state index is -4.63. The number of carbonyl (C=O) groups excluding carboxylic acids is 1. The summed E-state index contributed by atoms with van der Waals surface area (Å²) in [4.78, 5) is 17.1. The van der Waals surface area contributed by atoms with E-state index in [9.17, 15) is 18.0 Å². The van der Waals surface area contributed by atoms with E-state index >= 15 is 0 Å². The Morgan fingerprint density at radius 1 is 1.06 bits per heavy atom. The van der Waals surface area contributed by atoms with E-state index in [1.54, 1.807) is 23.5 Å². The molecule has 1 amide bonds. The first kappa shape index (κ1) is 21.8. The van der Waals surface area contributed by atoms with Crippen LogP contribution in [0, 0.1) is 0 Å². The van der Waals surface area contributed by atoms with Crippen LogP contribution in [-0.4, -0.2) is 10.9 Å². The van der Waals surface area contributed by atoms with Gasteiger partial charge in [0.05, 0.1) is 6.54 Å². The Morgan fingerprint density at radius 3 is 2.62 bits per heavy atom. The van der Waals surface area contributed by atoms with Crippen molar-refractivity contribution in [3.63, 3.8) is 0 Å². The summed E-state index contributed by atoms with van der Waals surface area (Å²) in [6.07, 6.45) is -4.63. The van der Waals surface area contributed by atoms with Crippen molar-refractivity contribution in [2.45, 2.75) is 19.3 Å². The number of fused-ring (bicyclic) bond motifs is 1. The van der Waals surface area contributed by atoms with E-state index in [4.69, 9.17) is 10.5 Å². The molecular formula is C23H18F3N3O2S. The number of alkyl halides is 3. The number of halogens is 3. The molecule has 0 saturated heterocycles. The van der Waals surface area contributed by atoms with Crippen LogP contribution in [0.5, 0.6) is 11.6 Å². The lowest BCUT2D eigenvalue weighted by Gasteiger charge is -2.12. The Balaban J connectivity index is 1.47. The van der Waals surface area contributed by atoms with Gasteiger partial charge < -0.3 is 15.8 Å². The molecule has 164 valence electrons. The third kappa shape index (κ3) is 5.06. The van der Waals surface area contributed by atoms with Gasteiger partial charge in [0.2, 0.25) is 5.88 Å². The number of benzene rings is 2. The quantitative estimate of drug-likeness (QED) is 0.401. The largest absolute Gasteiger partial charge is 0.439 e. The van der Waals surface area contributed by atoms with Crippen molar-refractivity contribution in [2.75, 3.05) is 0 Å². The summed E-state index contributed by atoms with van der Waals surface area (Å²) in [6.45, 7) is 0.264. The maximum absolute atomic E-state index is 13.1. The SMILES string of the molecule is NCc1cc(Oc2cccc(C(=O)NCc3cc4ccccc4s3)c2)nc(C(F)(F)F)c1. The molecule has 0 atom stereocenters. The molecule has 4 aromatic rings. The lowest BCUT2D eigenvalue weighted by atomic mass is 10.2. The second-order valence-corrected chi connectivity index (χ2v) is 8.13. The third-order valence-corrected chi connectivity index (χ3v) is 5.72. The Morgan fingerprint density at radius 2 is 1.88 bits per heavy atom. The number of hydrogen-bond acceptors (Lipinski definition) is 5. The van der Waals surface area contributed by atoms with Crippen molar-refractivity contribution in [2.24, 2.45) is 5.73 Å². The van der Waals surface area contributed by atoms with E-state index in [-0.39, 0.29) is 29.6 Å². The minimum absolute atomic E-state index is 0.0951. The Kier molecular flexibility index (Phi) is 6.11. The molecule has 0 unspecified atom stereocenters. The fourth-order valence-corrected chi connectivity index (χ4v) is 4.09. The summed E-state index contributed by atoms with van der Waals surface area (Å²) in [5.41, 5.74) is 4.95. The summed E-state index contributed by atoms with van der Waals surface area (Å²) >= 11 is 1.60. The highest BCUT2D eigenvalue weighted by molar-refractivity contribution is 7.19. The molecule has 0 fully saturated rings. The van der Waals surface area contributed by atoms with Gasteiger partial charge in [0.25, 0.3) is 5.91 Å². The van der Waals surface area contributed by atoms with Gasteiger partial charge in [-0.2, -0.15) is 13.2 Å². The second-order valence-electron chi connectivity index (χ2n) is 6.96. The molecule has 9 heteroatoms. The summed E-state index contributed by atoms with van der Waals surface area (Å²) < 4.78 is 45.9. The minimum Gasteiger partial charge on any atom is -0.439 e. The highest BCUT2D eigenvalue weighted by Crippen LogP contribution is 2.31. The van der Waals surface area contributed by atoms with Crippen molar-refractivity contribution in [1.29, 1.82) is 0 Å². The van der Waals surface area contributed by atoms with Crippen LogP contribution in [-0.2, 0) is 19.3 Å². The molecule has 0 aliphatic carbocycles. The first-order valence-corrected chi connectivity index (χ1v) is 10.5. The van der Waals surface area contributed by atoms with Gasteiger partial charge in [-0.3, -0.25) is 4.79 Å². The number of thiophene rings is 1. The van der Waals surface area contributed by atoms with Crippen LogP contribution in [0.2, 0.25) is 0 Å². The Hall–Kier alpha value is -3.43. The number of pyridine rings is 1. The first-order chi connectivity index (χ1) is 15.3. The van der Waals surface area contributed by atoms with Crippen LogP contribution >= 0.6 is 11.3 Å². The molecule has 32 heavy (non-hydrogen) atoms. The lowest BCUT2D eigenvalue weighted by Crippen LogP contribution is -2.22. The smallest absolute Gasteiger partial charge is 0.433 e. The van der Waals surface area contributed by atoms with Gasteiger partial charge in [-0.1, -0.05) is 24.3 Å². The maximum Gasteiger partial charge on any atom is 0.433 e. The highest BCUT2D eigenvalue weighted by atomic mass is 32.1. The van der Waals surface area contributed by atoms with Crippen LogP contribution in [0.4, 0.5) is 13.2 Å². The number of aromatic nitrogens is 1. The Labute approximate surface area is 185 Å². The van der Waals surface area contributed by atoms with Crippen LogP contribution in [0.3, 0.4) is 0 Å². The number of nitrogens with one attached hydrogen (secondary N) is 1. The number of nitrogens with two attached hydrogens (primary N) is 1. The molecule has 0 bridgehead atoms. The molecule has 0 aliphatic heterocycles. The topological polar surface area (TPSA) is 77.2 Å². The number of amides is 1. The highest BCUT2D eigenvalue weighted by Gasteiger charge is 2.33. The molecule has 0 radical (unpaired) electrons. The average Bonchev–Trinajstić information content (AvgIpc) is 3.20. The Bertz CT molecular complexity index is 1240. The van der Waals surface area contributed by atoms with Gasteiger partial charge in [-0.25, -0.2) is 4.98 Å². The van der Waals surface area contributed by atoms with E-state index in [1.807, 2.05) is 30.3 Å². The van der Waals surface area contributed by atoms with Crippen LogP contribution in [0.25, 0.3) is 10.1 Å². The zero-order valence-electron chi connectivity index (χ0n) is 16.6. The molecule has 0 saturated carbocycles. The van der Waals surface area contributed by atoms with E-state index in [0.29, 0.717) is 12.1 Å². The van der Waals surface area contributed by atoms with E-state index in [0.717, 1.165) is 21.0 Å². The number of ether oxygens (including phenoxy) is 1. The molecular weight excluding hydrogens is 439 g/mol. The van der Waals surface area contributed by atoms with Gasteiger partial charge in [0, 0.05) is 27.8 Å². The molecule has 5 nitrogen and oxygen atoms in total. The van der Waals surface area contributed by atoms with Crippen molar-refractivity contribution < 1.29 is 22.7 Å². The molecule has 2 aromatic carbocycles. The average molecular weight is 457 g/mol. The zero-order valence-corrected chi connectivity index (χ0v) is 17.5. The van der Waals surface area contributed by atoms with Gasteiger partial charge in [-0.15, -0.1) is 11.3 Å². The molecule has 4 rings (SSSR count). The summed E-state index contributed by atoms with van der Waals surface area (Å²) in [5.74, 6) is -0.384. The molecule has 2 aromatic heterocycles. The van der Waals surface area contributed by atoms with Crippen molar-refractivity contribution in [3.8, 4) is 11.6 Å². The standard InChI is InChI=1S/C23H18F3N3O2S/c24-23(25,26)20-8-14(12-27)9-21(29-20)31-17-6-3-5-16(10-17)22(30)28-13-18-11-15-4-1-2-7-19(15)32-18/h1-11H,12-13,27H2,(H,28,30). The molecule has 0 spiro atoms. The number of carbonyl (C=O) groups is 1. The monoisotopic (exact) mass is 457 g/mol. The summed E-state index contributed by atoms with van der Waals surface area (Å²) in [5, 5.41) is 3.96. The van der Waals surface area contributed by atoms with E-state index < -0.39 is 11.9 Å². The number of rotatable bonds is 6. The van der Waals surface area contributed by atoms with Crippen LogP contribution in [0.15, 0.2) is 66.7 Å². The van der Waals surface area contributed by atoms with Gasteiger partial charge >= 0.3 is 6.18 Å². The summed E-state index contributed by atoms with van der Waals surface area (Å²) in [6, 6.07) is 18.3. The number of hydrogen-bond donors (Lipinski definition) is 2. The fraction of sp³-hybridized carbons (Fsp3) is 0.130. The van der Waals surface area contributed by atoms with Crippen LogP contribution in [0.1, 0.15) is 26.5 Å². The van der Waals surface area contributed by atoms with Gasteiger partial charge in [0.1, 0.15) is 11.4 Å². The summed E-state index contributed by atoms with van der Waals surface area (Å²) in [7, 11) is 0. The van der Waals surface area contributed by atoms with Crippen molar-refractivity contribution in [3.05, 3.63) is 88.4 Å². The number of nitrogens with zero attached hydrogens (tertiary/aromatic N) is 1. The normalized spacial score (nSPS) is 11.5. The molecule has 0 aliphatic rings. The van der Waals surface area contributed by atoms with Gasteiger partial charge in [0.15, 0.2) is 0 Å². The predicted octanol–water partition coefficient (Wildman–Crippen LogP) is 5.50. The lowest BCUT2D eigenvalue weighted by molar-refractivity contribution is -0.141. The van der Waals surface area contributed by atoms with Crippen molar-refractivity contribution >= 4 is 27.3 Å². The molecule has 2 heterocycles. The van der Waals surface area contributed by atoms with Crippen LogP contribution < -0.4 is 15.8 Å². The van der Waals surface area contributed by atoms with Gasteiger partial charge in [-0.05, 0) is 47.3 Å². The zero-order chi connectivity index (χ0) is 22.7.